The van der Waals surface area contributed by atoms with Gasteiger partial charge in [0.05, 0.1) is 31.0 Å². The molecule has 0 radical (unpaired) electrons. The van der Waals surface area contributed by atoms with Crippen molar-refractivity contribution in [2.45, 2.75) is 6.42 Å². The van der Waals surface area contributed by atoms with Crippen molar-refractivity contribution in [2.75, 3.05) is 17.7 Å². The van der Waals surface area contributed by atoms with Crippen LogP contribution in [0, 0.1) is 0 Å². The summed E-state index contributed by atoms with van der Waals surface area (Å²) in [6.45, 7) is 0. The van der Waals surface area contributed by atoms with E-state index in [1.807, 2.05) is 18.2 Å². The Balaban J connectivity index is 1.59. The maximum Gasteiger partial charge on any atom is 0.337 e. The van der Waals surface area contributed by atoms with Gasteiger partial charge in [-0.05, 0) is 48.0 Å². The van der Waals surface area contributed by atoms with E-state index in [9.17, 15) is 9.59 Å². The van der Waals surface area contributed by atoms with Crippen LogP contribution in [-0.4, -0.2) is 24.0 Å². The largest absolute Gasteiger partial charge is 0.465 e. The van der Waals surface area contributed by atoms with Crippen molar-refractivity contribution in [3.8, 4) is 0 Å². The van der Waals surface area contributed by atoms with Crippen molar-refractivity contribution in [2.24, 2.45) is 0 Å². The van der Waals surface area contributed by atoms with Crippen LogP contribution in [0.3, 0.4) is 0 Å². The van der Waals surface area contributed by atoms with E-state index in [0.717, 1.165) is 5.56 Å². The predicted octanol–water partition coefficient (Wildman–Crippen LogP) is 4.45. The first kappa shape index (κ1) is 19.4. The van der Waals surface area contributed by atoms with Crippen molar-refractivity contribution in [3.05, 3.63) is 83.0 Å². The Morgan fingerprint density at radius 3 is 2.50 bits per heavy atom. The van der Waals surface area contributed by atoms with Crippen LogP contribution in [-0.2, 0) is 16.0 Å². The smallest absolute Gasteiger partial charge is 0.337 e. The topological polar surface area (TPSA) is 80.3 Å². The molecular weight excluding hydrogens is 378 g/mol. The summed E-state index contributed by atoms with van der Waals surface area (Å²) in [5, 5.41) is 6.54. The molecule has 0 fully saturated rings. The van der Waals surface area contributed by atoms with E-state index in [1.165, 1.54) is 7.11 Å². The summed E-state index contributed by atoms with van der Waals surface area (Å²) < 4.78 is 4.71. The molecular formula is C21H18ClN3O3. The molecule has 0 aliphatic rings. The first-order chi connectivity index (χ1) is 13.5. The molecule has 3 aromatic rings. The standard InChI is InChI=1S/C21H18ClN3O3/c1-28-21(27)15-3-2-4-17(12-15)24-19-10-9-18(13-23-19)25-20(26)11-14-5-7-16(22)8-6-14/h2-10,12-13H,11H2,1H3,(H,23,24)(H,25,26). The SMILES string of the molecule is COC(=O)c1cccc(Nc2ccc(NC(=O)Cc3ccc(Cl)cc3)cn2)c1. The second-order valence-corrected chi connectivity index (χ2v) is 6.42. The van der Waals surface area contributed by atoms with Crippen molar-refractivity contribution in [3.63, 3.8) is 0 Å². The van der Waals surface area contributed by atoms with Gasteiger partial charge in [0.1, 0.15) is 5.82 Å². The van der Waals surface area contributed by atoms with E-state index < -0.39 is 5.97 Å². The Morgan fingerprint density at radius 1 is 1.04 bits per heavy atom. The molecule has 3 rings (SSSR count). The highest BCUT2D eigenvalue weighted by Gasteiger charge is 2.07. The monoisotopic (exact) mass is 395 g/mol. The average molecular weight is 396 g/mol. The molecule has 0 atom stereocenters. The van der Waals surface area contributed by atoms with Crippen molar-refractivity contribution < 1.29 is 14.3 Å². The predicted molar refractivity (Wildman–Crippen MR) is 109 cm³/mol. The first-order valence-corrected chi connectivity index (χ1v) is 8.87. The van der Waals surface area contributed by atoms with Crippen LogP contribution in [0.2, 0.25) is 5.02 Å². The summed E-state index contributed by atoms with van der Waals surface area (Å²) >= 11 is 5.84. The van der Waals surface area contributed by atoms with E-state index in [0.29, 0.717) is 27.8 Å². The number of carbonyl (C=O) groups excluding carboxylic acids is 2. The molecule has 2 aromatic carbocycles. The minimum Gasteiger partial charge on any atom is -0.465 e. The summed E-state index contributed by atoms with van der Waals surface area (Å²) in [5.41, 5.74) is 2.61. The van der Waals surface area contributed by atoms with Gasteiger partial charge in [-0.2, -0.15) is 0 Å². The number of benzene rings is 2. The van der Waals surface area contributed by atoms with Gasteiger partial charge in [-0.25, -0.2) is 9.78 Å². The molecule has 0 spiro atoms. The Hall–Kier alpha value is -3.38. The summed E-state index contributed by atoms with van der Waals surface area (Å²) in [6.07, 6.45) is 1.81. The van der Waals surface area contributed by atoms with E-state index >= 15 is 0 Å². The molecule has 6 nitrogen and oxygen atoms in total. The number of carbonyl (C=O) groups is 2. The zero-order valence-corrected chi connectivity index (χ0v) is 15.9. The molecule has 0 unspecified atom stereocenters. The van der Waals surface area contributed by atoms with Crippen LogP contribution < -0.4 is 10.6 Å². The van der Waals surface area contributed by atoms with Crippen molar-refractivity contribution in [1.29, 1.82) is 0 Å². The number of amides is 1. The zero-order chi connectivity index (χ0) is 19.9. The van der Waals surface area contributed by atoms with Crippen LogP contribution in [0.15, 0.2) is 66.9 Å². The highest BCUT2D eigenvalue weighted by Crippen LogP contribution is 2.18. The first-order valence-electron chi connectivity index (χ1n) is 8.49. The third-order valence-electron chi connectivity index (χ3n) is 3.88. The van der Waals surface area contributed by atoms with E-state index in [2.05, 4.69) is 15.6 Å². The van der Waals surface area contributed by atoms with Crippen LogP contribution >= 0.6 is 11.6 Å². The van der Waals surface area contributed by atoms with Gasteiger partial charge in [0.25, 0.3) is 0 Å². The van der Waals surface area contributed by atoms with Gasteiger partial charge in [0, 0.05) is 10.7 Å². The second-order valence-electron chi connectivity index (χ2n) is 5.98. The number of nitrogens with one attached hydrogen (secondary N) is 2. The van der Waals surface area contributed by atoms with Crippen LogP contribution in [0.1, 0.15) is 15.9 Å². The second kappa shape index (κ2) is 9.01. The number of rotatable bonds is 6. The summed E-state index contributed by atoms with van der Waals surface area (Å²) in [6, 6.07) is 17.5. The summed E-state index contributed by atoms with van der Waals surface area (Å²) in [7, 11) is 1.34. The number of ether oxygens (including phenoxy) is 1. The van der Waals surface area contributed by atoms with Gasteiger partial charge in [-0.15, -0.1) is 0 Å². The van der Waals surface area contributed by atoms with Gasteiger partial charge < -0.3 is 15.4 Å². The summed E-state index contributed by atoms with van der Waals surface area (Å²) in [4.78, 5) is 28.0. The lowest BCUT2D eigenvalue weighted by Crippen LogP contribution is -2.14. The van der Waals surface area contributed by atoms with Crippen LogP contribution in [0.4, 0.5) is 17.2 Å². The molecule has 0 saturated carbocycles. The number of esters is 1. The van der Waals surface area contributed by atoms with Gasteiger partial charge >= 0.3 is 5.97 Å². The Bertz CT molecular complexity index is 973. The lowest BCUT2D eigenvalue weighted by Gasteiger charge is -2.09. The molecule has 0 aliphatic carbocycles. The van der Waals surface area contributed by atoms with Crippen LogP contribution in [0.5, 0.6) is 0 Å². The number of hydrogen-bond acceptors (Lipinski definition) is 5. The highest BCUT2D eigenvalue weighted by molar-refractivity contribution is 6.30. The third-order valence-corrected chi connectivity index (χ3v) is 4.13. The molecule has 1 aromatic heterocycles. The van der Waals surface area contributed by atoms with Gasteiger partial charge in [0.15, 0.2) is 0 Å². The average Bonchev–Trinajstić information content (AvgIpc) is 2.71. The fraction of sp³-hybridized carbons (Fsp3) is 0.0952. The fourth-order valence-electron chi connectivity index (χ4n) is 2.52. The molecule has 0 aliphatic heterocycles. The quantitative estimate of drug-likeness (QED) is 0.603. The normalized spacial score (nSPS) is 10.2. The molecule has 7 heteroatoms. The third kappa shape index (κ3) is 5.31. The van der Waals surface area contributed by atoms with E-state index in [1.54, 1.807) is 48.7 Å². The number of halogens is 1. The Kier molecular flexibility index (Phi) is 6.24. The van der Waals surface area contributed by atoms with Gasteiger partial charge in [-0.3, -0.25) is 4.79 Å². The molecule has 142 valence electrons. The zero-order valence-electron chi connectivity index (χ0n) is 15.1. The van der Waals surface area contributed by atoms with Crippen LogP contribution in [0.25, 0.3) is 0 Å². The summed E-state index contributed by atoms with van der Waals surface area (Å²) in [5.74, 6) is 0.0312. The van der Waals surface area contributed by atoms with Gasteiger partial charge in [-0.1, -0.05) is 29.8 Å². The fourth-order valence-corrected chi connectivity index (χ4v) is 2.65. The molecule has 1 heterocycles. The molecule has 28 heavy (non-hydrogen) atoms. The minimum absolute atomic E-state index is 0.143. The number of methoxy groups -OCH3 is 1. The molecule has 2 N–H and O–H groups in total. The van der Waals surface area contributed by atoms with Gasteiger partial charge in [0.2, 0.25) is 5.91 Å². The Morgan fingerprint density at radius 2 is 1.82 bits per heavy atom. The number of pyridine rings is 1. The molecule has 0 bridgehead atoms. The van der Waals surface area contributed by atoms with E-state index in [4.69, 9.17) is 16.3 Å². The highest BCUT2D eigenvalue weighted by atomic mass is 35.5. The Labute approximate surface area is 167 Å². The maximum atomic E-state index is 12.1. The van der Waals surface area contributed by atoms with Crippen molar-refractivity contribution >= 4 is 40.7 Å². The number of anilines is 3. The molecule has 1 amide bonds. The lowest BCUT2D eigenvalue weighted by molar-refractivity contribution is -0.115. The van der Waals surface area contributed by atoms with Crippen molar-refractivity contribution in [1.82, 2.24) is 4.98 Å². The lowest BCUT2D eigenvalue weighted by atomic mass is 10.1. The number of hydrogen-bond donors (Lipinski definition) is 2. The maximum absolute atomic E-state index is 12.1. The molecule has 0 saturated heterocycles. The number of nitrogens with zero attached hydrogens (tertiary/aromatic N) is 1. The number of aromatic nitrogens is 1. The van der Waals surface area contributed by atoms with E-state index in [-0.39, 0.29) is 12.3 Å². The minimum atomic E-state index is -0.407.